The Morgan fingerprint density at radius 1 is 1.12 bits per heavy atom. The van der Waals surface area contributed by atoms with Crippen LogP contribution in [-0.2, 0) is 6.42 Å². The molecule has 0 aliphatic carbocycles. The van der Waals surface area contributed by atoms with Crippen LogP contribution in [0.3, 0.4) is 0 Å². The predicted octanol–water partition coefficient (Wildman–Crippen LogP) is 4.12. The molecule has 1 N–H and O–H groups in total. The molecule has 2 rings (SSSR count). The van der Waals surface area contributed by atoms with Crippen molar-refractivity contribution in [3.8, 4) is 5.75 Å². The zero-order valence-electron chi connectivity index (χ0n) is 13.6. The fourth-order valence-corrected chi connectivity index (χ4v) is 2.18. The molecular formula is C19H21F2NO2. The Bertz CT molecular complexity index is 672. The number of amides is 1. The lowest BCUT2D eigenvalue weighted by molar-refractivity contribution is 0.0949. The third-order valence-corrected chi connectivity index (χ3v) is 3.59. The second kappa shape index (κ2) is 9.01. The number of carbonyl (C=O) groups is 1. The number of nitrogens with one attached hydrogen (secondary N) is 1. The van der Waals surface area contributed by atoms with Gasteiger partial charge in [0.2, 0.25) is 0 Å². The van der Waals surface area contributed by atoms with Gasteiger partial charge in [-0.15, -0.1) is 0 Å². The molecule has 3 nitrogen and oxygen atoms in total. The number of rotatable bonds is 8. The van der Waals surface area contributed by atoms with Gasteiger partial charge in [-0.1, -0.05) is 31.5 Å². The fraction of sp³-hybridized carbons (Fsp3) is 0.316. The van der Waals surface area contributed by atoms with E-state index in [9.17, 15) is 13.6 Å². The molecule has 0 bridgehead atoms. The van der Waals surface area contributed by atoms with Crippen LogP contribution in [0.5, 0.6) is 5.75 Å². The van der Waals surface area contributed by atoms with Gasteiger partial charge in [0.25, 0.3) is 5.91 Å². The van der Waals surface area contributed by atoms with Crippen molar-refractivity contribution in [3.05, 3.63) is 65.2 Å². The second-order valence-electron chi connectivity index (χ2n) is 5.45. The van der Waals surface area contributed by atoms with E-state index in [1.807, 2.05) is 24.3 Å². The highest BCUT2D eigenvalue weighted by molar-refractivity contribution is 5.94. The predicted molar refractivity (Wildman–Crippen MR) is 89.2 cm³/mol. The largest absolute Gasteiger partial charge is 0.494 e. The highest BCUT2D eigenvalue weighted by Crippen LogP contribution is 2.13. The zero-order chi connectivity index (χ0) is 17.4. The van der Waals surface area contributed by atoms with Crippen LogP contribution in [0.2, 0.25) is 0 Å². The molecule has 0 unspecified atom stereocenters. The van der Waals surface area contributed by atoms with E-state index in [0.29, 0.717) is 19.6 Å². The number of carbonyl (C=O) groups excluding carboxylic acids is 1. The second-order valence-corrected chi connectivity index (χ2v) is 5.45. The van der Waals surface area contributed by atoms with Gasteiger partial charge in [-0.2, -0.15) is 0 Å². The summed E-state index contributed by atoms with van der Waals surface area (Å²) in [7, 11) is 0. The number of hydrogen-bond acceptors (Lipinski definition) is 2. The SMILES string of the molecule is CCCCOc1ccc(CCNC(=O)c2cccc(F)c2F)cc1. The lowest BCUT2D eigenvalue weighted by Crippen LogP contribution is -2.26. The highest BCUT2D eigenvalue weighted by atomic mass is 19.2. The Morgan fingerprint density at radius 3 is 2.58 bits per heavy atom. The summed E-state index contributed by atoms with van der Waals surface area (Å²) in [4.78, 5) is 11.9. The van der Waals surface area contributed by atoms with E-state index in [4.69, 9.17) is 4.74 Å². The third kappa shape index (κ3) is 5.05. The molecule has 5 heteroatoms. The first-order valence-corrected chi connectivity index (χ1v) is 8.05. The quantitative estimate of drug-likeness (QED) is 0.738. The van der Waals surface area contributed by atoms with Crippen LogP contribution in [-0.4, -0.2) is 19.1 Å². The van der Waals surface area contributed by atoms with Crippen molar-refractivity contribution >= 4 is 5.91 Å². The van der Waals surface area contributed by atoms with E-state index in [-0.39, 0.29) is 5.56 Å². The first-order chi connectivity index (χ1) is 11.6. The van der Waals surface area contributed by atoms with E-state index in [1.54, 1.807) is 0 Å². The van der Waals surface area contributed by atoms with E-state index in [2.05, 4.69) is 12.2 Å². The summed E-state index contributed by atoms with van der Waals surface area (Å²) in [6, 6.07) is 11.2. The molecule has 0 aliphatic heterocycles. The van der Waals surface area contributed by atoms with Gasteiger partial charge in [-0.25, -0.2) is 8.78 Å². The molecule has 0 saturated carbocycles. The van der Waals surface area contributed by atoms with E-state index >= 15 is 0 Å². The lowest BCUT2D eigenvalue weighted by atomic mass is 10.1. The smallest absolute Gasteiger partial charge is 0.254 e. The topological polar surface area (TPSA) is 38.3 Å². The summed E-state index contributed by atoms with van der Waals surface area (Å²) in [6.07, 6.45) is 2.70. The molecule has 0 saturated heterocycles. The van der Waals surface area contributed by atoms with Crippen molar-refractivity contribution in [1.29, 1.82) is 0 Å². The minimum atomic E-state index is -1.12. The Labute approximate surface area is 140 Å². The normalized spacial score (nSPS) is 10.5. The maximum absolute atomic E-state index is 13.5. The number of ether oxygens (including phenoxy) is 1. The lowest BCUT2D eigenvalue weighted by Gasteiger charge is -2.08. The summed E-state index contributed by atoms with van der Waals surface area (Å²) in [5.74, 6) is -1.95. The molecule has 24 heavy (non-hydrogen) atoms. The Balaban J connectivity index is 1.81. The van der Waals surface area contributed by atoms with E-state index in [0.717, 1.165) is 30.2 Å². The van der Waals surface area contributed by atoms with Crippen molar-refractivity contribution in [2.75, 3.05) is 13.2 Å². The van der Waals surface area contributed by atoms with Crippen molar-refractivity contribution in [2.24, 2.45) is 0 Å². The molecule has 0 radical (unpaired) electrons. The van der Waals surface area contributed by atoms with Crippen LogP contribution >= 0.6 is 0 Å². The molecule has 0 aromatic heterocycles. The van der Waals surface area contributed by atoms with Crippen molar-refractivity contribution in [1.82, 2.24) is 5.32 Å². The summed E-state index contributed by atoms with van der Waals surface area (Å²) in [6.45, 7) is 3.15. The van der Waals surface area contributed by atoms with Crippen molar-refractivity contribution in [3.63, 3.8) is 0 Å². The van der Waals surface area contributed by atoms with Gasteiger partial charge >= 0.3 is 0 Å². The maximum atomic E-state index is 13.5. The zero-order valence-corrected chi connectivity index (χ0v) is 13.6. The van der Waals surface area contributed by atoms with E-state index in [1.165, 1.54) is 12.1 Å². The van der Waals surface area contributed by atoms with Gasteiger partial charge in [0.15, 0.2) is 11.6 Å². The third-order valence-electron chi connectivity index (χ3n) is 3.59. The van der Waals surface area contributed by atoms with Gasteiger partial charge in [0.1, 0.15) is 5.75 Å². The molecule has 0 fully saturated rings. The molecule has 0 heterocycles. The fourth-order valence-electron chi connectivity index (χ4n) is 2.18. The van der Waals surface area contributed by atoms with Crippen molar-refractivity contribution in [2.45, 2.75) is 26.2 Å². The Morgan fingerprint density at radius 2 is 1.88 bits per heavy atom. The highest BCUT2D eigenvalue weighted by Gasteiger charge is 2.14. The number of halogens is 2. The standard InChI is InChI=1S/C19H21F2NO2/c1-2-3-13-24-15-9-7-14(8-10-15)11-12-22-19(23)16-5-4-6-17(20)18(16)21/h4-10H,2-3,11-13H2,1H3,(H,22,23). The maximum Gasteiger partial charge on any atom is 0.254 e. The molecule has 2 aromatic carbocycles. The molecule has 2 aromatic rings. The summed E-state index contributed by atoms with van der Waals surface area (Å²) in [5.41, 5.74) is 0.743. The van der Waals surface area contributed by atoms with Crippen LogP contribution in [0.25, 0.3) is 0 Å². The molecule has 0 spiro atoms. The van der Waals surface area contributed by atoms with Gasteiger partial charge in [0, 0.05) is 6.54 Å². The van der Waals surface area contributed by atoms with Crippen LogP contribution in [0, 0.1) is 11.6 Å². The average molecular weight is 333 g/mol. The minimum absolute atomic E-state index is 0.283. The van der Waals surface area contributed by atoms with Crippen LogP contribution in [0.15, 0.2) is 42.5 Å². The number of benzene rings is 2. The van der Waals surface area contributed by atoms with Gasteiger partial charge < -0.3 is 10.1 Å². The molecule has 1 amide bonds. The summed E-state index contributed by atoms with van der Waals surface area (Å²) >= 11 is 0. The van der Waals surface area contributed by atoms with Crippen LogP contribution in [0.1, 0.15) is 35.7 Å². The summed E-state index contributed by atoms with van der Waals surface area (Å²) < 4.78 is 32.2. The molecule has 0 atom stereocenters. The molecular weight excluding hydrogens is 312 g/mol. The summed E-state index contributed by atoms with van der Waals surface area (Å²) in [5, 5.41) is 2.60. The van der Waals surface area contributed by atoms with Crippen LogP contribution in [0.4, 0.5) is 8.78 Å². The first-order valence-electron chi connectivity index (χ1n) is 8.05. The minimum Gasteiger partial charge on any atom is -0.494 e. The first kappa shape index (κ1) is 17.9. The number of unbranched alkanes of at least 4 members (excludes halogenated alkanes) is 1. The van der Waals surface area contributed by atoms with Gasteiger partial charge in [0.05, 0.1) is 12.2 Å². The van der Waals surface area contributed by atoms with Crippen LogP contribution < -0.4 is 10.1 Å². The molecule has 0 aliphatic rings. The average Bonchev–Trinajstić information content (AvgIpc) is 2.59. The Kier molecular flexibility index (Phi) is 6.73. The Hall–Kier alpha value is -2.43. The van der Waals surface area contributed by atoms with Gasteiger partial charge in [-0.3, -0.25) is 4.79 Å². The van der Waals surface area contributed by atoms with Gasteiger partial charge in [-0.05, 0) is 42.7 Å². The van der Waals surface area contributed by atoms with E-state index < -0.39 is 17.5 Å². The number of hydrogen-bond donors (Lipinski definition) is 1. The molecule has 128 valence electrons. The van der Waals surface area contributed by atoms with Crippen molar-refractivity contribution < 1.29 is 18.3 Å². The monoisotopic (exact) mass is 333 g/mol.